The lowest BCUT2D eigenvalue weighted by molar-refractivity contribution is -0.141. The Balaban J connectivity index is 1.07. The highest BCUT2D eigenvalue weighted by molar-refractivity contribution is 6.32. The van der Waals surface area contributed by atoms with Gasteiger partial charge in [0.15, 0.2) is 0 Å². The lowest BCUT2D eigenvalue weighted by Crippen LogP contribution is -2.48. The molecule has 0 aliphatic carbocycles. The van der Waals surface area contributed by atoms with Crippen LogP contribution < -0.4 is 10.6 Å². The molecular weight excluding hydrogens is 604 g/mol. The number of likely N-dealkylation sites (tertiary alicyclic amines) is 2. The van der Waals surface area contributed by atoms with Gasteiger partial charge < -0.3 is 25.2 Å². The number of ether oxygens (including phenoxy) is 1. The Kier molecular flexibility index (Phi) is 10.8. The van der Waals surface area contributed by atoms with Crippen molar-refractivity contribution in [2.45, 2.75) is 64.5 Å². The Bertz CT molecular complexity index is 1510. The number of aromatic nitrogens is 2. The molecule has 2 aliphatic heterocycles. The number of carbonyl (C=O) groups excluding carboxylic acids is 3. The van der Waals surface area contributed by atoms with Gasteiger partial charge in [-0.25, -0.2) is 14.8 Å². The average molecular weight is 647 g/mol. The van der Waals surface area contributed by atoms with Crippen molar-refractivity contribution >= 4 is 35.5 Å². The summed E-state index contributed by atoms with van der Waals surface area (Å²) in [6.07, 6.45) is 4.19. The second-order valence-corrected chi connectivity index (χ2v) is 13.3. The van der Waals surface area contributed by atoms with Gasteiger partial charge in [0, 0.05) is 56.7 Å². The van der Waals surface area contributed by atoms with Crippen LogP contribution >= 0.6 is 11.6 Å². The number of halogens is 1. The van der Waals surface area contributed by atoms with Crippen molar-refractivity contribution in [3.63, 3.8) is 0 Å². The minimum Gasteiger partial charge on any atom is -0.444 e. The summed E-state index contributed by atoms with van der Waals surface area (Å²) in [5, 5.41) is 6.58. The van der Waals surface area contributed by atoms with Gasteiger partial charge in [-0.05, 0) is 63.6 Å². The average Bonchev–Trinajstić information content (AvgIpc) is 3.05. The molecule has 3 amide bonds. The number of hydrogen-bond acceptors (Lipinski definition) is 7. The summed E-state index contributed by atoms with van der Waals surface area (Å²) < 4.78 is 5.21. The summed E-state index contributed by atoms with van der Waals surface area (Å²) in [5.74, 6) is 0.584. The first-order chi connectivity index (χ1) is 22.1. The summed E-state index contributed by atoms with van der Waals surface area (Å²) in [5.41, 5.74) is 3.22. The fourth-order valence-electron chi connectivity index (χ4n) is 5.92. The maximum absolute atomic E-state index is 13.3. The molecule has 2 saturated heterocycles. The second kappa shape index (κ2) is 14.9. The third-order valence-corrected chi connectivity index (χ3v) is 8.61. The van der Waals surface area contributed by atoms with Crippen molar-refractivity contribution in [1.82, 2.24) is 25.1 Å². The topological polar surface area (TPSA) is 117 Å². The van der Waals surface area contributed by atoms with Crippen LogP contribution in [-0.2, 0) is 14.3 Å². The standard InChI is InChI=1S/C35H43ClN6O4/c1-35(2,3)46-34(45)37-17-12-30(43)41-18-13-25(14-19-41)32(44)42-20-15-28(16-21-42)39-33-38-23-29(36)31(40-33)27-11-7-10-26(22-27)24-8-5-4-6-9-24/h4-11,22-23,25,28H,12-21H2,1-3H3,(H,37,45)(H,38,39,40). The van der Waals surface area contributed by atoms with E-state index in [0.717, 1.165) is 29.5 Å². The number of alkyl carbamates (subject to hydrolysis) is 1. The minimum absolute atomic E-state index is 0.0229. The van der Waals surface area contributed by atoms with Crippen molar-refractivity contribution in [3.8, 4) is 22.4 Å². The number of piperidine rings is 2. The zero-order valence-corrected chi connectivity index (χ0v) is 27.6. The summed E-state index contributed by atoms with van der Waals surface area (Å²) >= 11 is 6.54. The van der Waals surface area contributed by atoms with Crippen LogP contribution in [0.4, 0.5) is 10.7 Å². The molecule has 0 unspecified atom stereocenters. The summed E-state index contributed by atoms with van der Waals surface area (Å²) in [4.78, 5) is 50.7. The van der Waals surface area contributed by atoms with Crippen LogP contribution in [-0.4, -0.2) is 82.0 Å². The molecule has 0 saturated carbocycles. The van der Waals surface area contributed by atoms with E-state index in [2.05, 4.69) is 39.9 Å². The number of nitrogens with zero attached hydrogens (tertiary/aromatic N) is 4. The molecule has 0 bridgehead atoms. The molecule has 2 aliphatic rings. The molecule has 0 radical (unpaired) electrons. The zero-order valence-electron chi connectivity index (χ0n) is 26.8. The zero-order chi connectivity index (χ0) is 32.7. The lowest BCUT2D eigenvalue weighted by atomic mass is 9.93. The molecule has 5 rings (SSSR count). The number of rotatable bonds is 8. The molecule has 244 valence electrons. The van der Waals surface area contributed by atoms with Crippen molar-refractivity contribution in [2.24, 2.45) is 5.92 Å². The Morgan fingerprint density at radius 2 is 1.54 bits per heavy atom. The van der Waals surface area contributed by atoms with Gasteiger partial charge in [-0.15, -0.1) is 0 Å². The molecule has 11 heteroatoms. The number of nitrogens with one attached hydrogen (secondary N) is 2. The third kappa shape index (κ3) is 8.96. The number of amides is 3. The summed E-state index contributed by atoms with van der Waals surface area (Å²) in [6.45, 7) is 8.01. The van der Waals surface area contributed by atoms with Gasteiger partial charge in [-0.3, -0.25) is 9.59 Å². The number of hydrogen-bond donors (Lipinski definition) is 2. The van der Waals surface area contributed by atoms with E-state index in [9.17, 15) is 14.4 Å². The van der Waals surface area contributed by atoms with Gasteiger partial charge in [-0.2, -0.15) is 0 Å². The fourth-order valence-corrected chi connectivity index (χ4v) is 6.12. The molecule has 1 aromatic heterocycles. The minimum atomic E-state index is -0.583. The maximum Gasteiger partial charge on any atom is 0.407 e. The molecular formula is C35H43ClN6O4. The van der Waals surface area contributed by atoms with Crippen molar-refractivity contribution in [3.05, 3.63) is 65.8 Å². The third-order valence-electron chi connectivity index (χ3n) is 8.33. The molecule has 3 aromatic rings. The molecule has 2 fully saturated rings. The van der Waals surface area contributed by atoms with Crippen molar-refractivity contribution in [1.29, 1.82) is 0 Å². The Morgan fingerprint density at radius 3 is 2.24 bits per heavy atom. The highest BCUT2D eigenvalue weighted by Gasteiger charge is 2.32. The monoisotopic (exact) mass is 646 g/mol. The number of benzene rings is 2. The van der Waals surface area contributed by atoms with E-state index in [-0.39, 0.29) is 36.7 Å². The van der Waals surface area contributed by atoms with Gasteiger partial charge in [-0.1, -0.05) is 60.1 Å². The van der Waals surface area contributed by atoms with E-state index < -0.39 is 11.7 Å². The highest BCUT2D eigenvalue weighted by Crippen LogP contribution is 2.31. The van der Waals surface area contributed by atoms with E-state index in [0.29, 0.717) is 55.7 Å². The van der Waals surface area contributed by atoms with Gasteiger partial charge in [0.25, 0.3) is 0 Å². The van der Waals surface area contributed by atoms with E-state index >= 15 is 0 Å². The largest absolute Gasteiger partial charge is 0.444 e. The van der Waals surface area contributed by atoms with E-state index in [1.165, 1.54) is 0 Å². The van der Waals surface area contributed by atoms with Crippen LogP contribution in [0, 0.1) is 5.92 Å². The van der Waals surface area contributed by atoms with Crippen LogP contribution in [0.3, 0.4) is 0 Å². The molecule has 2 aromatic carbocycles. The van der Waals surface area contributed by atoms with Gasteiger partial charge in [0.05, 0.1) is 16.9 Å². The second-order valence-electron chi connectivity index (χ2n) is 12.9. The predicted molar refractivity (Wildman–Crippen MR) is 179 cm³/mol. The Morgan fingerprint density at radius 1 is 0.891 bits per heavy atom. The lowest BCUT2D eigenvalue weighted by Gasteiger charge is -2.37. The van der Waals surface area contributed by atoms with E-state index in [1.54, 1.807) is 31.9 Å². The van der Waals surface area contributed by atoms with Crippen LogP contribution in [0.25, 0.3) is 22.4 Å². The first kappa shape index (κ1) is 33.2. The Labute approximate surface area is 275 Å². The first-order valence-electron chi connectivity index (χ1n) is 16.0. The molecule has 10 nitrogen and oxygen atoms in total. The Hall–Kier alpha value is -4.18. The first-order valence-corrected chi connectivity index (χ1v) is 16.4. The van der Waals surface area contributed by atoms with Crippen LogP contribution in [0.15, 0.2) is 60.8 Å². The molecule has 46 heavy (non-hydrogen) atoms. The predicted octanol–water partition coefficient (Wildman–Crippen LogP) is 6.02. The summed E-state index contributed by atoms with van der Waals surface area (Å²) in [6, 6.07) is 18.5. The SMILES string of the molecule is CC(C)(C)OC(=O)NCCC(=O)N1CCC(C(=O)N2CCC(Nc3ncc(Cl)c(-c4cccc(-c5ccccc5)c4)n3)CC2)CC1. The van der Waals surface area contributed by atoms with Crippen LogP contribution in [0.2, 0.25) is 5.02 Å². The van der Waals surface area contributed by atoms with E-state index in [1.807, 2.05) is 35.2 Å². The molecule has 3 heterocycles. The maximum atomic E-state index is 13.3. The van der Waals surface area contributed by atoms with Crippen LogP contribution in [0.5, 0.6) is 0 Å². The summed E-state index contributed by atoms with van der Waals surface area (Å²) in [7, 11) is 0. The van der Waals surface area contributed by atoms with Crippen molar-refractivity contribution < 1.29 is 19.1 Å². The van der Waals surface area contributed by atoms with Gasteiger partial charge in [0.1, 0.15) is 5.60 Å². The normalized spacial score (nSPS) is 16.2. The molecule has 2 N–H and O–H groups in total. The number of carbonyl (C=O) groups is 3. The number of anilines is 1. The molecule has 0 atom stereocenters. The smallest absolute Gasteiger partial charge is 0.407 e. The highest BCUT2D eigenvalue weighted by atomic mass is 35.5. The van der Waals surface area contributed by atoms with E-state index in [4.69, 9.17) is 21.3 Å². The van der Waals surface area contributed by atoms with Gasteiger partial charge >= 0.3 is 6.09 Å². The fraction of sp³-hybridized carbons (Fsp3) is 0.457. The van der Waals surface area contributed by atoms with Crippen LogP contribution in [0.1, 0.15) is 52.9 Å². The quantitative estimate of drug-likeness (QED) is 0.307. The van der Waals surface area contributed by atoms with Crippen molar-refractivity contribution in [2.75, 3.05) is 38.0 Å². The van der Waals surface area contributed by atoms with Gasteiger partial charge in [0.2, 0.25) is 17.8 Å². The molecule has 0 spiro atoms.